The topological polar surface area (TPSA) is 87.3 Å². The Kier molecular flexibility index (Phi) is 7.18. The predicted octanol–water partition coefficient (Wildman–Crippen LogP) is 1.99. The first-order chi connectivity index (χ1) is 12.4. The fraction of sp³-hybridized carbons (Fsp3) is 0.550. The molecule has 2 atom stereocenters. The van der Waals surface area contributed by atoms with E-state index in [0.29, 0.717) is 12.1 Å². The summed E-state index contributed by atoms with van der Waals surface area (Å²) in [6, 6.07) is 7.24. The number of amides is 3. The van der Waals surface area contributed by atoms with Gasteiger partial charge in [0.05, 0.1) is 0 Å². The van der Waals surface area contributed by atoms with Crippen molar-refractivity contribution >= 4 is 17.7 Å². The Bertz CT molecular complexity index is 657. The van der Waals surface area contributed by atoms with Crippen LogP contribution in [0.5, 0.6) is 0 Å². The van der Waals surface area contributed by atoms with Crippen LogP contribution in [0.15, 0.2) is 24.3 Å². The molecule has 0 aliphatic heterocycles. The first kappa shape index (κ1) is 19.9. The molecule has 6 heteroatoms. The Morgan fingerprint density at radius 2 is 1.73 bits per heavy atom. The Morgan fingerprint density at radius 1 is 1.08 bits per heavy atom. The van der Waals surface area contributed by atoms with Crippen LogP contribution in [-0.2, 0) is 16.1 Å². The number of carbonyl (C=O) groups excluding carboxylic acids is 3. The van der Waals surface area contributed by atoms with Crippen molar-refractivity contribution < 1.29 is 14.4 Å². The smallest absolute Gasteiger partial charge is 0.251 e. The van der Waals surface area contributed by atoms with E-state index in [4.69, 9.17) is 0 Å². The minimum atomic E-state index is -0.287. The van der Waals surface area contributed by atoms with E-state index in [0.717, 1.165) is 31.2 Å². The summed E-state index contributed by atoms with van der Waals surface area (Å²) in [6.45, 7) is 4.20. The van der Waals surface area contributed by atoms with Crippen LogP contribution >= 0.6 is 0 Å². The van der Waals surface area contributed by atoms with Gasteiger partial charge in [-0.2, -0.15) is 0 Å². The van der Waals surface area contributed by atoms with Gasteiger partial charge in [-0.15, -0.1) is 0 Å². The lowest BCUT2D eigenvalue weighted by Gasteiger charge is -2.30. The molecule has 0 unspecified atom stereocenters. The summed E-state index contributed by atoms with van der Waals surface area (Å²) < 4.78 is 0. The van der Waals surface area contributed by atoms with E-state index in [9.17, 15) is 14.4 Å². The van der Waals surface area contributed by atoms with Gasteiger partial charge in [0, 0.05) is 37.0 Å². The number of hydrogen-bond donors (Lipinski definition) is 3. The second kappa shape index (κ2) is 9.36. The molecule has 142 valence electrons. The summed E-state index contributed by atoms with van der Waals surface area (Å²) in [6.07, 6.45) is 3.44. The van der Waals surface area contributed by atoms with Crippen molar-refractivity contribution in [3.05, 3.63) is 35.4 Å². The van der Waals surface area contributed by atoms with Crippen LogP contribution in [0.2, 0.25) is 0 Å². The molecule has 6 nitrogen and oxygen atoms in total. The van der Waals surface area contributed by atoms with Crippen LogP contribution in [-0.4, -0.2) is 30.8 Å². The maximum Gasteiger partial charge on any atom is 0.251 e. The van der Waals surface area contributed by atoms with E-state index in [2.05, 4.69) is 16.0 Å². The minimum Gasteiger partial charge on any atom is -0.355 e. The SMILES string of the molecule is CNC(=O)c1cccc(CNC(=O)[C@@H]2CCCC[C@H]2C(=O)NC(C)C)c1. The predicted molar refractivity (Wildman–Crippen MR) is 100 cm³/mol. The zero-order chi connectivity index (χ0) is 19.1. The highest BCUT2D eigenvalue weighted by atomic mass is 16.2. The van der Waals surface area contributed by atoms with Gasteiger partial charge in [-0.05, 0) is 44.4 Å². The van der Waals surface area contributed by atoms with Crippen LogP contribution in [0.3, 0.4) is 0 Å². The first-order valence-corrected chi connectivity index (χ1v) is 9.31. The number of carbonyl (C=O) groups is 3. The normalized spacial score (nSPS) is 19.7. The van der Waals surface area contributed by atoms with E-state index in [1.165, 1.54) is 0 Å². The third kappa shape index (κ3) is 5.31. The van der Waals surface area contributed by atoms with E-state index >= 15 is 0 Å². The van der Waals surface area contributed by atoms with Crippen molar-refractivity contribution in [3.63, 3.8) is 0 Å². The van der Waals surface area contributed by atoms with E-state index in [1.54, 1.807) is 25.2 Å². The van der Waals surface area contributed by atoms with Crippen LogP contribution in [0.4, 0.5) is 0 Å². The quantitative estimate of drug-likeness (QED) is 0.726. The highest BCUT2D eigenvalue weighted by molar-refractivity contribution is 5.94. The van der Waals surface area contributed by atoms with Gasteiger partial charge >= 0.3 is 0 Å². The fourth-order valence-electron chi connectivity index (χ4n) is 3.44. The van der Waals surface area contributed by atoms with Gasteiger partial charge in [0.15, 0.2) is 0 Å². The molecule has 0 bridgehead atoms. The molecule has 0 radical (unpaired) electrons. The lowest BCUT2D eigenvalue weighted by atomic mass is 9.78. The fourth-order valence-corrected chi connectivity index (χ4v) is 3.44. The number of rotatable bonds is 6. The molecule has 0 saturated heterocycles. The molecular weight excluding hydrogens is 330 g/mol. The van der Waals surface area contributed by atoms with Gasteiger partial charge in [-0.25, -0.2) is 0 Å². The zero-order valence-electron chi connectivity index (χ0n) is 15.8. The van der Waals surface area contributed by atoms with Crippen LogP contribution in [0, 0.1) is 11.8 Å². The molecule has 0 spiro atoms. The molecule has 1 aliphatic carbocycles. The Morgan fingerprint density at radius 3 is 2.35 bits per heavy atom. The Hall–Kier alpha value is -2.37. The molecule has 0 aromatic heterocycles. The van der Waals surface area contributed by atoms with Gasteiger partial charge in [0.1, 0.15) is 0 Å². The van der Waals surface area contributed by atoms with Gasteiger partial charge in [0.2, 0.25) is 11.8 Å². The standard InChI is InChI=1S/C20H29N3O3/c1-13(2)23-20(26)17-10-5-4-9-16(17)19(25)22-12-14-7-6-8-15(11-14)18(24)21-3/h6-8,11,13,16-17H,4-5,9-10,12H2,1-3H3,(H,21,24)(H,22,25)(H,23,26)/t16-,17-/m1/s1. The maximum atomic E-state index is 12.7. The van der Waals surface area contributed by atoms with Gasteiger partial charge in [0.25, 0.3) is 5.91 Å². The summed E-state index contributed by atoms with van der Waals surface area (Å²) in [5.74, 6) is -0.815. The van der Waals surface area contributed by atoms with Crippen LogP contribution in [0.25, 0.3) is 0 Å². The van der Waals surface area contributed by atoms with Gasteiger partial charge in [-0.3, -0.25) is 14.4 Å². The van der Waals surface area contributed by atoms with Crippen molar-refractivity contribution in [1.82, 2.24) is 16.0 Å². The molecule has 26 heavy (non-hydrogen) atoms. The molecule has 2 rings (SSSR count). The number of benzene rings is 1. The van der Waals surface area contributed by atoms with E-state index in [-0.39, 0.29) is 35.6 Å². The summed E-state index contributed by atoms with van der Waals surface area (Å²) in [5.41, 5.74) is 1.42. The number of hydrogen-bond acceptors (Lipinski definition) is 3. The second-order valence-corrected chi connectivity index (χ2v) is 7.16. The van der Waals surface area contributed by atoms with Crippen molar-refractivity contribution in [3.8, 4) is 0 Å². The summed E-state index contributed by atoms with van der Waals surface area (Å²) >= 11 is 0. The third-order valence-corrected chi connectivity index (χ3v) is 4.75. The van der Waals surface area contributed by atoms with Crippen molar-refractivity contribution in [2.45, 2.75) is 52.1 Å². The maximum absolute atomic E-state index is 12.7. The summed E-state index contributed by atoms with van der Waals surface area (Å²) in [7, 11) is 1.59. The second-order valence-electron chi connectivity index (χ2n) is 7.16. The molecule has 1 aromatic rings. The van der Waals surface area contributed by atoms with E-state index < -0.39 is 0 Å². The van der Waals surface area contributed by atoms with Gasteiger partial charge < -0.3 is 16.0 Å². The highest BCUT2D eigenvalue weighted by Gasteiger charge is 2.35. The minimum absolute atomic E-state index is 0.0264. The van der Waals surface area contributed by atoms with Crippen molar-refractivity contribution in [2.75, 3.05) is 7.05 Å². The molecule has 3 amide bonds. The largest absolute Gasteiger partial charge is 0.355 e. The Balaban J connectivity index is 1.99. The van der Waals surface area contributed by atoms with E-state index in [1.807, 2.05) is 19.9 Å². The average molecular weight is 359 g/mol. The highest BCUT2D eigenvalue weighted by Crippen LogP contribution is 2.30. The lowest BCUT2D eigenvalue weighted by molar-refractivity contribution is -0.137. The van der Waals surface area contributed by atoms with Crippen molar-refractivity contribution in [1.29, 1.82) is 0 Å². The molecule has 0 heterocycles. The Labute approximate surface area is 155 Å². The van der Waals surface area contributed by atoms with Gasteiger partial charge in [-0.1, -0.05) is 25.0 Å². The third-order valence-electron chi connectivity index (χ3n) is 4.75. The summed E-state index contributed by atoms with van der Waals surface area (Å²) in [5, 5.41) is 8.46. The molecule has 1 saturated carbocycles. The molecule has 3 N–H and O–H groups in total. The molecule has 1 fully saturated rings. The van der Waals surface area contributed by atoms with Crippen LogP contribution < -0.4 is 16.0 Å². The lowest BCUT2D eigenvalue weighted by Crippen LogP contribution is -2.45. The molecular formula is C20H29N3O3. The number of nitrogens with one attached hydrogen (secondary N) is 3. The average Bonchev–Trinajstić information content (AvgIpc) is 2.65. The molecule has 1 aliphatic rings. The molecule has 1 aromatic carbocycles. The summed E-state index contributed by atoms with van der Waals surface area (Å²) in [4.78, 5) is 36.8. The van der Waals surface area contributed by atoms with Crippen molar-refractivity contribution in [2.24, 2.45) is 11.8 Å². The van der Waals surface area contributed by atoms with Crippen LogP contribution in [0.1, 0.15) is 55.5 Å². The first-order valence-electron chi connectivity index (χ1n) is 9.31. The zero-order valence-corrected chi connectivity index (χ0v) is 15.8. The monoisotopic (exact) mass is 359 g/mol.